The Balaban J connectivity index is 1.58. The monoisotopic (exact) mass is 402 g/mol. The van der Waals surface area contributed by atoms with Crippen LogP contribution >= 0.6 is 0 Å². The molecular weight excluding hydrogens is 376 g/mol. The van der Waals surface area contributed by atoms with Crippen molar-refractivity contribution in [3.63, 3.8) is 0 Å². The molecule has 0 saturated heterocycles. The van der Waals surface area contributed by atoms with Gasteiger partial charge in [0.1, 0.15) is 5.69 Å². The average Bonchev–Trinajstić information content (AvgIpc) is 3.54. The Labute approximate surface area is 165 Å². The summed E-state index contributed by atoms with van der Waals surface area (Å²) in [5.41, 5.74) is 1.54. The summed E-state index contributed by atoms with van der Waals surface area (Å²) in [6, 6.07) is 8.23. The van der Waals surface area contributed by atoms with E-state index in [4.69, 9.17) is 0 Å². The van der Waals surface area contributed by atoms with Gasteiger partial charge in [-0.2, -0.15) is 5.10 Å². The van der Waals surface area contributed by atoms with Crippen LogP contribution in [0.2, 0.25) is 0 Å². The lowest BCUT2D eigenvalue weighted by molar-refractivity contribution is 0.100. The Kier molecular flexibility index (Phi) is 4.58. The van der Waals surface area contributed by atoms with Crippen molar-refractivity contribution < 1.29 is 13.2 Å². The van der Waals surface area contributed by atoms with E-state index in [0.717, 1.165) is 31.4 Å². The molecule has 1 heterocycles. The number of amides is 1. The van der Waals surface area contributed by atoms with Crippen LogP contribution in [0.5, 0.6) is 0 Å². The first-order valence-corrected chi connectivity index (χ1v) is 11.2. The first-order chi connectivity index (χ1) is 13.1. The van der Waals surface area contributed by atoms with Crippen LogP contribution in [0, 0.1) is 0 Å². The summed E-state index contributed by atoms with van der Waals surface area (Å²) >= 11 is 0. The molecule has 4 rings (SSSR count). The van der Waals surface area contributed by atoms with E-state index in [1.165, 1.54) is 12.1 Å². The number of carbonyl (C=O) groups is 1. The molecule has 8 heteroatoms. The SMILES string of the molecule is CC(C)(C)n1nc(C2CC2)cc1C(=O)Nc1cccc(S(=O)(=O)NC2CC2)c1. The summed E-state index contributed by atoms with van der Waals surface area (Å²) in [4.78, 5) is 13.1. The van der Waals surface area contributed by atoms with Gasteiger partial charge in [-0.05, 0) is 70.7 Å². The number of anilines is 1. The predicted molar refractivity (Wildman–Crippen MR) is 107 cm³/mol. The van der Waals surface area contributed by atoms with Crippen molar-refractivity contribution in [1.82, 2.24) is 14.5 Å². The number of rotatable bonds is 6. The molecule has 1 aromatic carbocycles. The van der Waals surface area contributed by atoms with Crippen molar-refractivity contribution in [2.75, 3.05) is 5.32 Å². The van der Waals surface area contributed by atoms with Gasteiger partial charge in [-0.25, -0.2) is 13.1 Å². The lowest BCUT2D eigenvalue weighted by Crippen LogP contribution is -2.29. The maximum absolute atomic E-state index is 12.9. The van der Waals surface area contributed by atoms with Gasteiger partial charge >= 0.3 is 0 Å². The van der Waals surface area contributed by atoms with E-state index in [1.54, 1.807) is 16.8 Å². The minimum Gasteiger partial charge on any atom is -0.321 e. The summed E-state index contributed by atoms with van der Waals surface area (Å²) < 4.78 is 29.3. The number of hydrogen-bond acceptors (Lipinski definition) is 4. The van der Waals surface area contributed by atoms with Crippen LogP contribution in [0.3, 0.4) is 0 Å². The molecule has 0 spiro atoms. The minimum absolute atomic E-state index is 0.0326. The number of aromatic nitrogens is 2. The maximum atomic E-state index is 12.9. The highest BCUT2D eigenvalue weighted by atomic mass is 32.2. The van der Waals surface area contributed by atoms with Crippen molar-refractivity contribution >= 4 is 21.6 Å². The number of carbonyl (C=O) groups excluding carboxylic acids is 1. The highest BCUT2D eigenvalue weighted by molar-refractivity contribution is 7.89. The van der Waals surface area contributed by atoms with Crippen LogP contribution in [-0.2, 0) is 15.6 Å². The van der Waals surface area contributed by atoms with Gasteiger partial charge < -0.3 is 5.32 Å². The third-order valence-electron chi connectivity index (χ3n) is 4.89. The second kappa shape index (κ2) is 6.70. The summed E-state index contributed by atoms with van der Waals surface area (Å²) in [7, 11) is -3.57. The second-order valence-electron chi connectivity index (χ2n) is 8.69. The van der Waals surface area contributed by atoms with Crippen molar-refractivity contribution in [3.8, 4) is 0 Å². The number of nitrogens with one attached hydrogen (secondary N) is 2. The summed E-state index contributed by atoms with van der Waals surface area (Å²) in [5, 5.41) is 7.49. The first-order valence-electron chi connectivity index (χ1n) is 9.68. The van der Waals surface area contributed by atoms with E-state index >= 15 is 0 Å². The van der Waals surface area contributed by atoms with Gasteiger partial charge in [0.05, 0.1) is 16.1 Å². The molecule has 0 bridgehead atoms. The van der Waals surface area contributed by atoms with E-state index in [0.29, 0.717) is 17.3 Å². The molecule has 7 nitrogen and oxygen atoms in total. The molecule has 0 radical (unpaired) electrons. The fourth-order valence-corrected chi connectivity index (χ4v) is 4.43. The number of nitrogens with zero attached hydrogens (tertiary/aromatic N) is 2. The van der Waals surface area contributed by atoms with E-state index in [1.807, 2.05) is 26.8 Å². The molecule has 1 amide bonds. The largest absolute Gasteiger partial charge is 0.321 e. The zero-order valence-corrected chi connectivity index (χ0v) is 17.2. The van der Waals surface area contributed by atoms with Crippen molar-refractivity contribution in [2.45, 2.75) is 68.8 Å². The predicted octanol–water partition coefficient (Wildman–Crippen LogP) is 3.21. The average molecular weight is 403 g/mol. The number of sulfonamides is 1. The number of benzene rings is 1. The van der Waals surface area contributed by atoms with E-state index in [2.05, 4.69) is 15.1 Å². The molecule has 150 valence electrons. The van der Waals surface area contributed by atoms with Crippen LogP contribution in [0.25, 0.3) is 0 Å². The van der Waals surface area contributed by atoms with Gasteiger partial charge in [-0.15, -0.1) is 0 Å². The molecular formula is C20H26N4O3S. The van der Waals surface area contributed by atoms with Gasteiger partial charge in [0.2, 0.25) is 10.0 Å². The van der Waals surface area contributed by atoms with Crippen LogP contribution in [0.4, 0.5) is 5.69 Å². The standard InChI is InChI=1S/C20H26N4O3S/c1-20(2,3)24-18(12-17(22-24)13-7-8-13)19(25)21-15-5-4-6-16(11-15)28(26,27)23-14-9-10-14/h4-6,11-14,23H,7-10H2,1-3H3,(H,21,25). The molecule has 28 heavy (non-hydrogen) atoms. The fourth-order valence-electron chi connectivity index (χ4n) is 3.08. The summed E-state index contributed by atoms with van der Waals surface area (Å²) in [6.45, 7) is 6.01. The normalized spacial score (nSPS) is 17.5. The third kappa shape index (κ3) is 4.12. The van der Waals surface area contributed by atoms with Crippen molar-refractivity contribution in [2.24, 2.45) is 0 Å². The molecule has 0 atom stereocenters. The van der Waals surface area contributed by atoms with Crippen LogP contribution in [0.1, 0.15) is 68.6 Å². The van der Waals surface area contributed by atoms with Crippen LogP contribution in [-0.4, -0.2) is 30.1 Å². The summed E-state index contributed by atoms with van der Waals surface area (Å²) in [6.07, 6.45) is 3.96. The first kappa shape index (κ1) is 19.1. The lowest BCUT2D eigenvalue weighted by Gasteiger charge is -2.22. The van der Waals surface area contributed by atoms with Gasteiger partial charge in [0, 0.05) is 17.6 Å². The molecule has 0 aliphatic heterocycles. The van der Waals surface area contributed by atoms with Crippen LogP contribution < -0.4 is 10.0 Å². The Morgan fingerprint density at radius 1 is 1.14 bits per heavy atom. The number of hydrogen-bond donors (Lipinski definition) is 2. The molecule has 2 aromatic rings. The Bertz CT molecular complexity index is 1010. The molecule has 0 unspecified atom stereocenters. The fraction of sp³-hybridized carbons (Fsp3) is 0.500. The smallest absolute Gasteiger partial charge is 0.273 e. The minimum atomic E-state index is -3.57. The zero-order chi connectivity index (χ0) is 20.1. The molecule has 2 aliphatic rings. The Morgan fingerprint density at radius 2 is 1.86 bits per heavy atom. The molecule has 1 aromatic heterocycles. The molecule has 2 aliphatic carbocycles. The molecule has 2 fully saturated rings. The van der Waals surface area contributed by atoms with Gasteiger partial charge in [0.15, 0.2) is 0 Å². The molecule has 2 saturated carbocycles. The Morgan fingerprint density at radius 3 is 2.46 bits per heavy atom. The molecule has 2 N–H and O–H groups in total. The van der Waals surface area contributed by atoms with Crippen molar-refractivity contribution in [3.05, 3.63) is 41.7 Å². The highest BCUT2D eigenvalue weighted by Crippen LogP contribution is 2.40. The zero-order valence-electron chi connectivity index (χ0n) is 16.4. The third-order valence-corrected chi connectivity index (χ3v) is 6.41. The van der Waals surface area contributed by atoms with Crippen LogP contribution in [0.15, 0.2) is 35.2 Å². The van der Waals surface area contributed by atoms with Gasteiger partial charge in [-0.3, -0.25) is 9.48 Å². The second-order valence-corrected chi connectivity index (χ2v) is 10.4. The van der Waals surface area contributed by atoms with Crippen molar-refractivity contribution in [1.29, 1.82) is 0 Å². The maximum Gasteiger partial charge on any atom is 0.273 e. The summed E-state index contributed by atoms with van der Waals surface area (Å²) in [5.74, 6) is 0.149. The topological polar surface area (TPSA) is 93.1 Å². The van der Waals surface area contributed by atoms with E-state index in [-0.39, 0.29) is 22.4 Å². The van der Waals surface area contributed by atoms with Gasteiger partial charge in [-0.1, -0.05) is 6.07 Å². The lowest BCUT2D eigenvalue weighted by atomic mass is 10.1. The highest BCUT2D eigenvalue weighted by Gasteiger charge is 2.31. The Hall–Kier alpha value is -2.19. The van der Waals surface area contributed by atoms with E-state index < -0.39 is 10.0 Å². The van der Waals surface area contributed by atoms with E-state index in [9.17, 15) is 13.2 Å². The van der Waals surface area contributed by atoms with Gasteiger partial charge in [0.25, 0.3) is 5.91 Å². The quantitative estimate of drug-likeness (QED) is 0.776.